The minimum atomic E-state index is -2.88. The van der Waals surface area contributed by atoms with Crippen LogP contribution in [0.1, 0.15) is 29.3 Å². The van der Waals surface area contributed by atoms with Crippen LogP contribution in [0, 0.1) is 5.82 Å². The van der Waals surface area contributed by atoms with Crippen molar-refractivity contribution in [3.63, 3.8) is 0 Å². The maximum Gasteiger partial charge on any atom is 0.265 e. The quantitative estimate of drug-likeness (QED) is 0.501. The van der Waals surface area contributed by atoms with Crippen LogP contribution < -0.4 is 4.90 Å². The van der Waals surface area contributed by atoms with Crippen LogP contribution in [0.5, 0.6) is 0 Å². The molecule has 3 nitrogen and oxygen atoms in total. The number of halogens is 4. The highest BCUT2D eigenvalue weighted by atomic mass is 35.5. The van der Waals surface area contributed by atoms with Crippen LogP contribution in [0.3, 0.4) is 0 Å². The van der Waals surface area contributed by atoms with Crippen LogP contribution in [0.15, 0.2) is 66.7 Å². The zero-order chi connectivity index (χ0) is 21.1. The second-order valence-electron chi connectivity index (χ2n) is 6.19. The van der Waals surface area contributed by atoms with Gasteiger partial charge in [-0.05, 0) is 29.8 Å². The highest BCUT2D eigenvalue weighted by Crippen LogP contribution is 2.34. The third-order valence-electron chi connectivity index (χ3n) is 4.32. The largest absolute Gasteiger partial charge is 0.274 e. The molecule has 0 aliphatic carbocycles. The minimum Gasteiger partial charge on any atom is -0.274 e. The maximum absolute atomic E-state index is 14.0. The topological polar surface area (TPSA) is 37.4 Å². The first-order valence-electron chi connectivity index (χ1n) is 8.57. The van der Waals surface area contributed by atoms with E-state index in [1.807, 2.05) is 0 Å². The first-order chi connectivity index (χ1) is 13.8. The van der Waals surface area contributed by atoms with Gasteiger partial charge in [-0.3, -0.25) is 9.59 Å². The standard InChI is InChI=1S/C22H15ClF3NO2/c1-13(28)27(22(29)17-8-3-2-7-16(17)21(25)26)20-9-5-4-6-15(20)14-10-11-18(23)19(24)12-14/h2-12,21H,1H3. The Bertz CT molecular complexity index is 1090. The van der Waals surface area contributed by atoms with Crippen molar-refractivity contribution < 1.29 is 22.8 Å². The van der Waals surface area contributed by atoms with Crippen molar-refractivity contribution in [3.8, 4) is 11.1 Å². The van der Waals surface area contributed by atoms with Gasteiger partial charge in [-0.15, -0.1) is 0 Å². The molecule has 0 saturated heterocycles. The fourth-order valence-electron chi connectivity index (χ4n) is 3.00. The lowest BCUT2D eigenvalue weighted by Gasteiger charge is -2.23. The number of amides is 2. The maximum atomic E-state index is 14.0. The summed E-state index contributed by atoms with van der Waals surface area (Å²) in [7, 11) is 0. The summed E-state index contributed by atoms with van der Waals surface area (Å²) in [4.78, 5) is 26.3. The molecule has 2 amide bonds. The Balaban J connectivity index is 2.16. The Hall–Kier alpha value is -3.12. The van der Waals surface area contributed by atoms with Gasteiger partial charge in [-0.25, -0.2) is 18.1 Å². The van der Waals surface area contributed by atoms with Gasteiger partial charge in [0.25, 0.3) is 12.3 Å². The average Bonchev–Trinajstić information content (AvgIpc) is 2.70. The fraction of sp³-hybridized carbons (Fsp3) is 0.0909. The van der Waals surface area contributed by atoms with E-state index in [2.05, 4.69) is 0 Å². The van der Waals surface area contributed by atoms with Gasteiger partial charge in [0.1, 0.15) is 5.82 Å². The van der Waals surface area contributed by atoms with E-state index in [4.69, 9.17) is 11.6 Å². The van der Waals surface area contributed by atoms with Crippen molar-refractivity contribution in [3.05, 3.63) is 88.7 Å². The van der Waals surface area contributed by atoms with E-state index in [-0.39, 0.29) is 16.3 Å². The molecule has 0 atom stereocenters. The summed E-state index contributed by atoms with van der Waals surface area (Å²) in [5.41, 5.74) is 0.147. The average molecular weight is 418 g/mol. The molecule has 0 heterocycles. The molecule has 0 radical (unpaired) electrons. The molecule has 0 aliphatic heterocycles. The van der Waals surface area contributed by atoms with E-state index >= 15 is 0 Å². The number of alkyl halides is 2. The molecule has 7 heteroatoms. The predicted molar refractivity (Wildman–Crippen MR) is 106 cm³/mol. The third-order valence-corrected chi connectivity index (χ3v) is 4.63. The van der Waals surface area contributed by atoms with Crippen molar-refractivity contribution in [2.45, 2.75) is 13.3 Å². The molecule has 0 bridgehead atoms. The molecule has 3 aromatic rings. The summed E-state index contributed by atoms with van der Waals surface area (Å²) in [6.07, 6.45) is -2.88. The SMILES string of the molecule is CC(=O)N(C(=O)c1ccccc1C(F)F)c1ccccc1-c1ccc(Cl)c(F)c1. The zero-order valence-electron chi connectivity index (χ0n) is 15.2. The van der Waals surface area contributed by atoms with E-state index < -0.39 is 29.6 Å². The van der Waals surface area contributed by atoms with Crippen LogP contribution in [0.25, 0.3) is 11.1 Å². The second-order valence-corrected chi connectivity index (χ2v) is 6.60. The minimum absolute atomic E-state index is 0.0726. The van der Waals surface area contributed by atoms with E-state index in [0.29, 0.717) is 11.1 Å². The number of carbonyl (C=O) groups excluding carboxylic acids is 2. The third kappa shape index (κ3) is 4.17. The normalized spacial score (nSPS) is 10.8. The highest BCUT2D eigenvalue weighted by Gasteiger charge is 2.28. The number of anilines is 1. The first kappa shape index (κ1) is 20.6. The van der Waals surface area contributed by atoms with Crippen molar-refractivity contribution in [1.29, 1.82) is 0 Å². The Kier molecular flexibility index (Phi) is 6.03. The molecule has 3 aromatic carbocycles. The van der Waals surface area contributed by atoms with Gasteiger partial charge >= 0.3 is 0 Å². The Morgan fingerprint density at radius 1 is 0.966 bits per heavy atom. The lowest BCUT2D eigenvalue weighted by Crippen LogP contribution is -2.36. The van der Waals surface area contributed by atoms with Gasteiger partial charge in [0, 0.05) is 23.6 Å². The van der Waals surface area contributed by atoms with Crippen molar-refractivity contribution in [2.24, 2.45) is 0 Å². The smallest absolute Gasteiger partial charge is 0.265 e. The van der Waals surface area contributed by atoms with Crippen LogP contribution in [-0.2, 0) is 4.79 Å². The van der Waals surface area contributed by atoms with Crippen molar-refractivity contribution >= 4 is 29.1 Å². The molecular weight excluding hydrogens is 403 g/mol. The molecule has 0 aromatic heterocycles. The fourth-order valence-corrected chi connectivity index (χ4v) is 3.12. The molecule has 29 heavy (non-hydrogen) atoms. The summed E-state index contributed by atoms with van der Waals surface area (Å²) in [6, 6.07) is 15.6. The lowest BCUT2D eigenvalue weighted by atomic mass is 10.0. The number of imide groups is 1. The van der Waals surface area contributed by atoms with Crippen LogP contribution in [0.2, 0.25) is 5.02 Å². The molecule has 148 valence electrons. The van der Waals surface area contributed by atoms with Crippen LogP contribution >= 0.6 is 11.6 Å². The lowest BCUT2D eigenvalue weighted by molar-refractivity contribution is -0.115. The number of benzene rings is 3. The van der Waals surface area contributed by atoms with Gasteiger partial charge in [0.2, 0.25) is 5.91 Å². The van der Waals surface area contributed by atoms with Gasteiger partial charge in [0.05, 0.1) is 10.7 Å². The number of hydrogen-bond donors (Lipinski definition) is 0. The summed E-state index contributed by atoms with van der Waals surface area (Å²) in [5, 5.41) is -0.0726. The predicted octanol–water partition coefficient (Wildman–Crippen LogP) is 6.28. The molecule has 0 unspecified atom stereocenters. The summed E-state index contributed by atoms with van der Waals surface area (Å²) < 4.78 is 40.7. The van der Waals surface area contributed by atoms with E-state index in [1.165, 1.54) is 36.4 Å². The van der Waals surface area contributed by atoms with Gasteiger partial charge in [-0.2, -0.15) is 0 Å². The summed E-state index contributed by atoms with van der Waals surface area (Å²) >= 11 is 5.73. The van der Waals surface area contributed by atoms with Crippen LogP contribution in [-0.4, -0.2) is 11.8 Å². The summed E-state index contributed by atoms with van der Waals surface area (Å²) in [5.74, 6) is -2.22. The first-order valence-corrected chi connectivity index (χ1v) is 8.95. The van der Waals surface area contributed by atoms with Crippen LogP contribution in [0.4, 0.5) is 18.9 Å². The number of para-hydroxylation sites is 1. The van der Waals surface area contributed by atoms with Crippen molar-refractivity contribution in [2.75, 3.05) is 4.90 Å². The van der Waals surface area contributed by atoms with E-state index in [0.717, 1.165) is 17.9 Å². The molecule has 0 fully saturated rings. The molecular formula is C22H15ClF3NO2. The molecule has 3 rings (SSSR count). The van der Waals surface area contributed by atoms with Gasteiger partial charge in [-0.1, -0.05) is 54.1 Å². The van der Waals surface area contributed by atoms with Gasteiger partial charge in [0.15, 0.2) is 0 Å². The Morgan fingerprint density at radius 2 is 1.62 bits per heavy atom. The monoisotopic (exact) mass is 417 g/mol. The second kappa shape index (κ2) is 8.49. The molecule has 0 N–H and O–H groups in total. The summed E-state index contributed by atoms with van der Waals surface area (Å²) in [6.45, 7) is 1.15. The van der Waals surface area contributed by atoms with E-state index in [1.54, 1.807) is 24.3 Å². The van der Waals surface area contributed by atoms with Gasteiger partial charge < -0.3 is 0 Å². The molecule has 0 aliphatic rings. The van der Waals surface area contributed by atoms with E-state index in [9.17, 15) is 22.8 Å². The molecule has 0 spiro atoms. The number of hydrogen-bond acceptors (Lipinski definition) is 2. The Labute approximate surface area is 170 Å². The zero-order valence-corrected chi connectivity index (χ0v) is 16.0. The number of nitrogens with zero attached hydrogens (tertiary/aromatic N) is 1. The molecule has 0 saturated carbocycles. The number of carbonyl (C=O) groups is 2. The van der Waals surface area contributed by atoms with Crippen molar-refractivity contribution in [1.82, 2.24) is 0 Å². The Morgan fingerprint density at radius 3 is 2.28 bits per heavy atom. The number of rotatable bonds is 4. The highest BCUT2D eigenvalue weighted by molar-refractivity contribution is 6.30.